The predicted octanol–water partition coefficient (Wildman–Crippen LogP) is 3.77. The van der Waals surface area contributed by atoms with E-state index in [4.69, 9.17) is 9.47 Å². The van der Waals surface area contributed by atoms with Gasteiger partial charge in [0.15, 0.2) is 0 Å². The van der Waals surface area contributed by atoms with Gasteiger partial charge in [0, 0.05) is 0 Å². The van der Waals surface area contributed by atoms with Gasteiger partial charge in [-0.3, -0.25) is 4.79 Å². The highest BCUT2D eigenvalue weighted by atomic mass is 16.5. The first-order valence-corrected chi connectivity index (χ1v) is 8.34. The number of ether oxygens (including phenoxy) is 2. The number of hydrogen-bond acceptors (Lipinski definition) is 3. The minimum Gasteiger partial charge on any atom is -0.497 e. The SMILES string of the molecule is CCCC(C(=O)NCCOc1ccc(OC)cc1)c1ccccc1. The normalized spacial score (nSPS) is 11.6. The Balaban J connectivity index is 1.80. The van der Waals surface area contributed by atoms with Gasteiger partial charge in [-0.1, -0.05) is 43.7 Å². The van der Waals surface area contributed by atoms with Crippen molar-refractivity contribution >= 4 is 5.91 Å². The Kier molecular flexibility index (Phi) is 7.15. The lowest BCUT2D eigenvalue weighted by Crippen LogP contribution is -2.32. The largest absolute Gasteiger partial charge is 0.497 e. The van der Waals surface area contributed by atoms with E-state index >= 15 is 0 Å². The average molecular weight is 327 g/mol. The van der Waals surface area contributed by atoms with Crippen LogP contribution in [0.1, 0.15) is 31.2 Å². The van der Waals surface area contributed by atoms with E-state index in [9.17, 15) is 4.79 Å². The molecule has 128 valence electrons. The maximum absolute atomic E-state index is 12.4. The Morgan fingerprint density at radius 2 is 1.71 bits per heavy atom. The summed E-state index contributed by atoms with van der Waals surface area (Å²) < 4.78 is 10.7. The van der Waals surface area contributed by atoms with Crippen LogP contribution in [0.2, 0.25) is 0 Å². The molecule has 0 aliphatic heterocycles. The van der Waals surface area contributed by atoms with Gasteiger partial charge in [-0.25, -0.2) is 0 Å². The fourth-order valence-electron chi connectivity index (χ4n) is 2.56. The van der Waals surface area contributed by atoms with Crippen molar-refractivity contribution in [3.05, 3.63) is 60.2 Å². The predicted molar refractivity (Wildman–Crippen MR) is 95.6 cm³/mol. The van der Waals surface area contributed by atoms with E-state index in [2.05, 4.69) is 12.2 Å². The molecule has 1 amide bonds. The van der Waals surface area contributed by atoms with Crippen molar-refractivity contribution in [1.29, 1.82) is 0 Å². The van der Waals surface area contributed by atoms with E-state index in [1.54, 1.807) is 7.11 Å². The molecule has 0 aromatic heterocycles. The third-order valence-electron chi connectivity index (χ3n) is 3.83. The summed E-state index contributed by atoms with van der Waals surface area (Å²) in [4.78, 5) is 12.4. The Hall–Kier alpha value is -2.49. The van der Waals surface area contributed by atoms with E-state index in [-0.39, 0.29) is 11.8 Å². The van der Waals surface area contributed by atoms with Gasteiger partial charge in [-0.15, -0.1) is 0 Å². The lowest BCUT2D eigenvalue weighted by atomic mass is 9.94. The number of nitrogens with one attached hydrogen (secondary N) is 1. The Labute approximate surface area is 143 Å². The molecule has 2 aromatic carbocycles. The molecule has 1 N–H and O–H groups in total. The van der Waals surface area contributed by atoms with Crippen LogP contribution < -0.4 is 14.8 Å². The number of hydrogen-bond donors (Lipinski definition) is 1. The fourth-order valence-corrected chi connectivity index (χ4v) is 2.56. The maximum Gasteiger partial charge on any atom is 0.227 e. The third-order valence-corrected chi connectivity index (χ3v) is 3.83. The summed E-state index contributed by atoms with van der Waals surface area (Å²) in [5.74, 6) is 1.51. The third kappa shape index (κ3) is 5.30. The Bertz CT molecular complexity index is 611. The number of carbonyl (C=O) groups is 1. The van der Waals surface area contributed by atoms with Crippen LogP contribution in [0.4, 0.5) is 0 Å². The van der Waals surface area contributed by atoms with Crippen LogP contribution in [-0.4, -0.2) is 26.2 Å². The second kappa shape index (κ2) is 9.60. The molecule has 0 aliphatic carbocycles. The first-order chi connectivity index (χ1) is 11.7. The number of rotatable bonds is 9. The summed E-state index contributed by atoms with van der Waals surface area (Å²) >= 11 is 0. The molecule has 0 heterocycles. The number of amides is 1. The highest BCUT2D eigenvalue weighted by Crippen LogP contribution is 2.21. The van der Waals surface area contributed by atoms with Gasteiger partial charge >= 0.3 is 0 Å². The molecule has 0 fully saturated rings. The number of carbonyl (C=O) groups excluding carboxylic acids is 1. The summed E-state index contributed by atoms with van der Waals surface area (Å²) in [6, 6.07) is 17.3. The van der Waals surface area contributed by atoms with Crippen LogP contribution in [0.15, 0.2) is 54.6 Å². The van der Waals surface area contributed by atoms with Crippen molar-refractivity contribution in [3.8, 4) is 11.5 Å². The molecule has 2 aromatic rings. The molecule has 2 rings (SSSR count). The molecule has 1 atom stereocenters. The van der Waals surface area contributed by atoms with Gasteiger partial charge in [0.05, 0.1) is 19.6 Å². The standard InChI is InChI=1S/C20H25NO3/c1-3-7-19(16-8-5-4-6-9-16)20(22)21-14-15-24-18-12-10-17(23-2)11-13-18/h4-6,8-13,19H,3,7,14-15H2,1-2H3,(H,21,22). The molecule has 0 radical (unpaired) electrons. The molecule has 0 spiro atoms. The summed E-state index contributed by atoms with van der Waals surface area (Å²) in [5, 5.41) is 2.97. The number of benzene rings is 2. The first kappa shape index (κ1) is 17.9. The summed E-state index contributed by atoms with van der Waals surface area (Å²) in [5.41, 5.74) is 1.06. The molecular weight excluding hydrogens is 302 g/mol. The van der Waals surface area contributed by atoms with Gasteiger partial charge in [0.1, 0.15) is 18.1 Å². The van der Waals surface area contributed by atoms with Crippen LogP contribution in [-0.2, 0) is 4.79 Å². The molecular formula is C20H25NO3. The molecule has 24 heavy (non-hydrogen) atoms. The summed E-state index contributed by atoms with van der Waals surface area (Å²) in [6.45, 7) is 3.01. The lowest BCUT2D eigenvalue weighted by Gasteiger charge is -2.16. The van der Waals surface area contributed by atoms with Crippen LogP contribution in [0, 0.1) is 0 Å². The monoisotopic (exact) mass is 327 g/mol. The second-order valence-corrected chi connectivity index (χ2v) is 5.57. The van der Waals surface area contributed by atoms with E-state index in [1.165, 1.54) is 0 Å². The van der Waals surface area contributed by atoms with E-state index in [0.717, 1.165) is 29.9 Å². The lowest BCUT2D eigenvalue weighted by molar-refractivity contribution is -0.122. The fraction of sp³-hybridized carbons (Fsp3) is 0.350. The van der Waals surface area contributed by atoms with Crippen LogP contribution in [0.5, 0.6) is 11.5 Å². The van der Waals surface area contributed by atoms with Crippen molar-refractivity contribution in [2.75, 3.05) is 20.3 Å². The van der Waals surface area contributed by atoms with Crippen LogP contribution in [0.25, 0.3) is 0 Å². The maximum atomic E-state index is 12.4. The molecule has 0 bridgehead atoms. The van der Waals surface area contributed by atoms with Gasteiger partial charge in [0.2, 0.25) is 5.91 Å². The van der Waals surface area contributed by atoms with E-state index in [0.29, 0.717) is 13.2 Å². The molecule has 0 saturated carbocycles. The summed E-state index contributed by atoms with van der Waals surface area (Å²) in [7, 11) is 1.63. The zero-order valence-corrected chi connectivity index (χ0v) is 14.3. The van der Waals surface area contributed by atoms with Crippen molar-refractivity contribution in [2.24, 2.45) is 0 Å². The van der Waals surface area contributed by atoms with Gasteiger partial charge < -0.3 is 14.8 Å². The quantitative estimate of drug-likeness (QED) is 0.713. The minimum atomic E-state index is -0.0998. The van der Waals surface area contributed by atoms with Crippen molar-refractivity contribution in [2.45, 2.75) is 25.7 Å². The summed E-state index contributed by atoms with van der Waals surface area (Å²) in [6.07, 6.45) is 1.81. The molecule has 4 heteroatoms. The molecule has 0 saturated heterocycles. The topological polar surface area (TPSA) is 47.6 Å². The van der Waals surface area contributed by atoms with Crippen molar-refractivity contribution in [1.82, 2.24) is 5.32 Å². The van der Waals surface area contributed by atoms with Gasteiger partial charge in [-0.05, 0) is 36.2 Å². The smallest absolute Gasteiger partial charge is 0.227 e. The highest BCUT2D eigenvalue weighted by molar-refractivity contribution is 5.83. The molecule has 1 unspecified atom stereocenters. The number of methoxy groups -OCH3 is 1. The van der Waals surface area contributed by atoms with Gasteiger partial charge in [-0.2, -0.15) is 0 Å². The minimum absolute atomic E-state index is 0.0568. The molecule has 4 nitrogen and oxygen atoms in total. The van der Waals surface area contributed by atoms with Crippen molar-refractivity contribution in [3.63, 3.8) is 0 Å². The Morgan fingerprint density at radius 1 is 1.04 bits per heavy atom. The first-order valence-electron chi connectivity index (χ1n) is 8.34. The van der Waals surface area contributed by atoms with E-state index in [1.807, 2.05) is 54.6 Å². The average Bonchev–Trinajstić information content (AvgIpc) is 2.64. The second-order valence-electron chi connectivity index (χ2n) is 5.57. The zero-order chi connectivity index (χ0) is 17.2. The van der Waals surface area contributed by atoms with Crippen LogP contribution in [0.3, 0.4) is 0 Å². The highest BCUT2D eigenvalue weighted by Gasteiger charge is 2.18. The zero-order valence-electron chi connectivity index (χ0n) is 14.3. The van der Waals surface area contributed by atoms with Crippen LogP contribution >= 0.6 is 0 Å². The van der Waals surface area contributed by atoms with Gasteiger partial charge in [0.25, 0.3) is 0 Å². The van der Waals surface area contributed by atoms with E-state index < -0.39 is 0 Å². The van der Waals surface area contributed by atoms with Crippen molar-refractivity contribution < 1.29 is 14.3 Å². The molecule has 0 aliphatic rings. The Morgan fingerprint density at radius 3 is 2.33 bits per heavy atom.